The van der Waals surface area contributed by atoms with Crippen molar-refractivity contribution in [2.45, 2.75) is 25.1 Å². The summed E-state index contributed by atoms with van der Waals surface area (Å²) < 4.78 is 36.5. The van der Waals surface area contributed by atoms with E-state index in [4.69, 9.17) is 5.26 Å². The van der Waals surface area contributed by atoms with Crippen molar-refractivity contribution in [3.63, 3.8) is 0 Å². The number of nitrogens with zero attached hydrogens (tertiary/aromatic N) is 1. The van der Waals surface area contributed by atoms with Crippen LogP contribution in [0.5, 0.6) is 0 Å². The van der Waals surface area contributed by atoms with Gasteiger partial charge in [0.05, 0.1) is 12.0 Å². The van der Waals surface area contributed by atoms with Crippen molar-refractivity contribution >= 4 is 0 Å². The van der Waals surface area contributed by atoms with Crippen LogP contribution in [0.3, 0.4) is 0 Å². The smallest absolute Gasteiger partial charge is 0.305 e. The third-order valence-corrected chi connectivity index (χ3v) is 1.98. The largest absolute Gasteiger partial charge is 0.405 e. The van der Waals surface area contributed by atoms with E-state index >= 15 is 0 Å². The SMILES string of the molecule is N#C[C@@H]1CCCN[C@@H]1C(F)(F)F. The number of piperidine rings is 1. The second-order valence-corrected chi connectivity index (χ2v) is 2.85. The Labute approximate surface area is 68.4 Å². The highest BCUT2D eigenvalue weighted by molar-refractivity contribution is 4.97. The first-order valence-electron chi connectivity index (χ1n) is 3.75. The lowest BCUT2D eigenvalue weighted by molar-refractivity contribution is -0.167. The molecule has 0 amide bonds. The van der Waals surface area contributed by atoms with Gasteiger partial charge in [0, 0.05) is 0 Å². The molecule has 2 nitrogen and oxygen atoms in total. The number of alkyl halides is 3. The standard InChI is InChI=1S/C7H9F3N2/c8-7(9,10)6-5(4-11)2-1-3-12-6/h5-6,12H,1-3H2/t5-,6-/m0/s1. The first kappa shape index (κ1) is 9.33. The first-order chi connectivity index (χ1) is 5.55. The van der Waals surface area contributed by atoms with Crippen LogP contribution < -0.4 is 5.32 Å². The molecule has 1 fully saturated rings. The Morgan fingerprint density at radius 1 is 1.42 bits per heavy atom. The average Bonchev–Trinajstić information content (AvgIpc) is 2.03. The predicted octanol–water partition coefficient (Wildman–Crippen LogP) is 1.44. The van der Waals surface area contributed by atoms with Gasteiger partial charge in [-0.2, -0.15) is 18.4 Å². The fourth-order valence-electron chi connectivity index (χ4n) is 1.37. The van der Waals surface area contributed by atoms with Crippen molar-refractivity contribution in [1.29, 1.82) is 5.26 Å². The van der Waals surface area contributed by atoms with Crippen LogP contribution in [0.2, 0.25) is 0 Å². The van der Waals surface area contributed by atoms with E-state index < -0.39 is 18.1 Å². The minimum atomic E-state index is -4.29. The third-order valence-electron chi connectivity index (χ3n) is 1.98. The fraction of sp³-hybridized carbons (Fsp3) is 0.857. The van der Waals surface area contributed by atoms with Gasteiger partial charge in [-0.3, -0.25) is 0 Å². The quantitative estimate of drug-likeness (QED) is 0.609. The highest BCUT2D eigenvalue weighted by atomic mass is 19.4. The molecule has 1 aliphatic heterocycles. The van der Waals surface area contributed by atoms with Crippen LogP contribution in [-0.2, 0) is 0 Å². The number of rotatable bonds is 0. The molecule has 0 radical (unpaired) electrons. The number of hydrogen-bond acceptors (Lipinski definition) is 2. The average molecular weight is 178 g/mol. The zero-order valence-corrected chi connectivity index (χ0v) is 6.36. The van der Waals surface area contributed by atoms with Crippen molar-refractivity contribution in [1.82, 2.24) is 5.32 Å². The molecule has 68 valence electrons. The second kappa shape index (κ2) is 3.31. The zero-order valence-electron chi connectivity index (χ0n) is 6.36. The van der Waals surface area contributed by atoms with Gasteiger partial charge >= 0.3 is 6.18 Å². The van der Waals surface area contributed by atoms with Crippen molar-refractivity contribution in [3.05, 3.63) is 0 Å². The highest BCUT2D eigenvalue weighted by Crippen LogP contribution is 2.29. The molecule has 0 spiro atoms. The maximum Gasteiger partial charge on any atom is 0.405 e. The van der Waals surface area contributed by atoms with Gasteiger partial charge in [0.2, 0.25) is 0 Å². The van der Waals surface area contributed by atoms with Crippen molar-refractivity contribution < 1.29 is 13.2 Å². The van der Waals surface area contributed by atoms with E-state index in [0.29, 0.717) is 19.4 Å². The van der Waals surface area contributed by atoms with Crippen LogP contribution in [0.15, 0.2) is 0 Å². The molecule has 1 rings (SSSR count). The minimum absolute atomic E-state index is 0.341. The molecule has 12 heavy (non-hydrogen) atoms. The van der Waals surface area contributed by atoms with E-state index in [1.165, 1.54) is 0 Å². The van der Waals surface area contributed by atoms with Gasteiger partial charge in [0.1, 0.15) is 6.04 Å². The Morgan fingerprint density at radius 2 is 2.08 bits per heavy atom. The molecule has 0 bridgehead atoms. The summed E-state index contributed by atoms with van der Waals surface area (Å²) in [6.07, 6.45) is -3.31. The molecule has 0 aromatic heterocycles. The predicted molar refractivity (Wildman–Crippen MR) is 36.2 cm³/mol. The summed E-state index contributed by atoms with van der Waals surface area (Å²) in [7, 11) is 0. The van der Waals surface area contributed by atoms with Gasteiger partial charge < -0.3 is 5.32 Å². The van der Waals surface area contributed by atoms with Crippen LogP contribution in [0.1, 0.15) is 12.8 Å². The van der Waals surface area contributed by atoms with E-state index in [-0.39, 0.29) is 0 Å². The summed E-state index contributed by atoms with van der Waals surface area (Å²) in [5.41, 5.74) is 0. The molecule has 0 unspecified atom stereocenters. The maximum atomic E-state index is 12.2. The first-order valence-corrected chi connectivity index (χ1v) is 3.75. The monoisotopic (exact) mass is 178 g/mol. The summed E-state index contributed by atoms with van der Waals surface area (Å²) in [5.74, 6) is -0.918. The molecule has 5 heteroatoms. The molecule has 1 saturated heterocycles. The van der Waals surface area contributed by atoms with Crippen LogP contribution in [-0.4, -0.2) is 18.8 Å². The summed E-state index contributed by atoms with van der Waals surface area (Å²) in [6.45, 7) is 0.350. The molecule has 0 aliphatic carbocycles. The van der Waals surface area contributed by atoms with Gasteiger partial charge in [-0.1, -0.05) is 0 Å². The van der Waals surface area contributed by atoms with Gasteiger partial charge in [-0.05, 0) is 19.4 Å². The van der Waals surface area contributed by atoms with E-state index in [0.717, 1.165) is 0 Å². The maximum absolute atomic E-state index is 12.2. The Kier molecular flexibility index (Phi) is 2.58. The lowest BCUT2D eigenvalue weighted by Gasteiger charge is -2.29. The summed E-state index contributed by atoms with van der Waals surface area (Å²) in [5, 5.41) is 10.7. The molecular formula is C7H9F3N2. The second-order valence-electron chi connectivity index (χ2n) is 2.85. The fourth-order valence-corrected chi connectivity index (χ4v) is 1.37. The van der Waals surface area contributed by atoms with E-state index in [1.807, 2.05) is 0 Å². The lowest BCUT2D eigenvalue weighted by Crippen LogP contribution is -2.50. The van der Waals surface area contributed by atoms with E-state index in [9.17, 15) is 13.2 Å². The molecule has 1 aliphatic rings. The normalized spacial score (nSPS) is 31.2. The molecule has 0 aromatic carbocycles. The summed E-state index contributed by atoms with van der Waals surface area (Å²) in [4.78, 5) is 0. The zero-order chi connectivity index (χ0) is 9.19. The Bertz CT molecular complexity index is 194. The van der Waals surface area contributed by atoms with Gasteiger partial charge in [0.15, 0.2) is 0 Å². The lowest BCUT2D eigenvalue weighted by atomic mass is 9.92. The van der Waals surface area contributed by atoms with E-state index in [1.54, 1.807) is 6.07 Å². The van der Waals surface area contributed by atoms with E-state index in [2.05, 4.69) is 5.32 Å². The molecule has 2 atom stereocenters. The highest BCUT2D eigenvalue weighted by Gasteiger charge is 2.45. The number of hydrogen-bond donors (Lipinski definition) is 1. The molecule has 1 heterocycles. The molecule has 0 aromatic rings. The molecular weight excluding hydrogens is 169 g/mol. The molecule has 0 saturated carbocycles. The van der Waals surface area contributed by atoms with Crippen LogP contribution in [0.25, 0.3) is 0 Å². The minimum Gasteiger partial charge on any atom is -0.305 e. The van der Waals surface area contributed by atoms with Crippen molar-refractivity contribution in [2.75, 3.05) is 6.54 Å². The van der Waals surface area contributed by atoms with Gasteiger partial charge in [-0.15, -0.1) is 0 Å². The van der Waals surface area contributed by atoms with Crippen LogP contribution in [0.4, 0.5) is 13.2 Å². The van der Waals surface area contributed by atoms with Crippen LogP contribution >= 0.6 is 0 Å². The Hall–Kier alpha value is -0.760. The topological polar surface area (TPSA) is 35.8 Å². The van der Waals surface area contributed by atoms with Gasteiger partial charge in [0.25, 0.3) is 0 Å². The van der Waals surface area contributed by atoms with Gasteiger partial charge in [-0.25, -0.2) is 0 Å². The molecule has 1 N–H and O–H groups in total. The Balaban J connectivity index is 2.67. The Morgan fingerprint density at radius 3 is 2.50 bits per heavy atom. The van der Waals surface area contributed by atoms with Crippen LogP contribution in [0, 0.1) is 17.2 Å². The summed E-state index contributed by atoms with van der Waals surface area (Å²) in [6, 6.07) is 0.0496. The number of halogens is 3. The number of nitriles is 1. The third kappa shape index (κ3) is 1.89. The van der Waals surface area contributed by atoms with Crippen molar-refractivity contribution in [2.24, 2.45) is 5.92 Å². The van der Waals surface area contributed by atoms with Crippen molar-refractivity contribution in [3.8, 4) is 6.07 Å². The summed E-state index contributed by atoms with van der Waals surface area (Å²) >= 11 is 0. The number of nitrogens with one attached hydrogen (secondary N) is 1.